The first-order valence-corrected chi connectivity index (χ1v) is 7.84. The molecule has 1 aromatic rings. The number of carbonyl (C=O) groups is 1. The van der Waals surface area contributed by atoms with E-state index in [-0.39, 0.29) is 11.8 Å². The second-order valence-electron chi connectivity index (χ2n) is 5.86. The van der Waals surface area contributed by atoms with Gasteiger partial charge in [0.05, 0.1) is 0 Å². The zero-order chi connectivity index (χ0) is 14.0. The van der Waals surface area contributed by atoms with Crippen LogP contribution in [0.1, 0.15) is 43.7 Å². The Hall–Kier alpha value is -0.830. The largest absolute Gasteiger partial charge is 0.325 e. The molecule has 0 unspecified atom stereocenters. The molecule has 0 aromatic heterocycles. The van der Waals surface area contributed by atoms with Gasteiger partial charge in [-0.05, 0) is 68.7 Å². The molecule has 1 saturated carbocycles. The van der Waals surface area contributed by atoms with Gasteiger partial charge in [-0.3, -0.25) is 4.79 Å². The third-order valence-corrected chi connectivity index (χ3v) is 4.59. The molecule has 1 aliphatic rings. The lowest BCUT2D eigenvalue weighted by molar-refractivity contribution is -0.121. The van der Waals surface area contributed by atoms with E-state index in [1.165, 1.54) is 12.8 Å². The second kappa shape index (κ2) is 6.08. The zero-order valence-electron chi connectivity index (χ0n) is 11.9. The molecule has 0 radical (unpaired) electrons. The summed E-state index contributed by atoms with van der Waals surface area (Å²) in [6.45, 7) is 6.35. The fraction of sp³-hybridized carbons (Fsp3) is 0.562. The van der Waals surface area contributed by atoms with Gasteiger partial charge in [-0.2, -0.15) is 0 Å². The number of halogens is 1. The fourth-order valence-electron chi connectivity index (χ4n) is 2.86. The molecule has 3 heteroatoms. The molecule has 0 atom stereocenters. The van der Waals surface area contributed by atoms with Crippen LogP contribution in [0.2, 0.25) is 0 Å². The summed E-state index contributed by atoms with van der Waals surface area (Å²) in [5.41, 5.74) is 3.21. The van der Waals surface area contributed by atoms with Crippen LogP contribution < -0.4 is 5.32 Å². The predicted octanol–water partition coefficient (Wildman–Crippen LogP) is 4.83. The van der Waals surface area contributed by atoms with Gasteiger partial charge >= 0.3 is 0 Å². The van der Waals surface area contributed by atoms with Crippen molar-refractivity contribution in [1.29, 1.82) is 0 Å². The van der Waals surface area contributed by atoms with E-state index in [2.05, 4.69) is 28.2 Å². The number of nitrogens with one attached hydrogen (secondary N) is 1. The molecule has 0 heterocycles. The summed E-state index contributed by atoms with van der Waals surface area (Å²) < 4.78 is 1.06. The van der Waals surface area contributed by atoms with Gasteiger partial charge in [0.15, 0.2) is 0 Å². The van der Waals surface area contributed by atoms with Crippen LogP contribution in [0.4, 0.5) is 5.69 Å². The molecule has 104 valence electrons. The summed E-state index contributed by atoms with van der Waals surface area (Å²) >= 11 is 3.48. The van der Waals surface area contributed by atoms with Crippen molar-refractivity contribution < 1.29 is 4.79 Å². The Morgan fingerprint density at radius 2 is 1.68 bits per heavy atom. The molecule has 1 amide bonds. The third-order valence-electron chi connectivity index (χ3n) is 4.13. The molecule has 0 spiro atoms. The van der Waals surface area contributed by atoms with E-state index < -0.39 is 0 Å². The third kappa shape index (κ3) is 3.59. The monoisotopic (exact) mass is 323 g/mol. The van der Waals surface area contributed by atoms with Crippen molar-refractivity contribution in [2.24, 2.45) is 11.8 Å². The maximum absolute atomic E-state index is 12.3. The Morgan fingerprint density at radius 3 is 2.21 bits per heavy atom. The molecule has 0 aliphatic heterocycles. The Balaban J connectivity index is 2.07. The lowest BCUT2D eigenvalue weighted by Gasteiger charge is -2.25. The number of carbonyl (C=O) groups excluding carboxylic acids is 1. The molecular formula is C16H22BrNO. The molecule has 1 fully saturated rings. The van der Waals surface area contributed by atoms with E-state index in [4.69, 9.17) is 0 Å². The number of hydrogen-bond donors (Lipinski definition) is 1. The van der Waals surface area contributed by atoms with E-state index in [0.717, 1.165) is 40.0 Å². The van der Waals surface area contributed by atoms with Crippen molar-refractivity contribution >= 4 is 27.5 Å². The Kier molecular flexibility index (Phi) is 4.67. The normalized spacial score (nSPS) is 23.2. The highest BCUT2D eigenvalue weighted by Crippen LogP contribution is 2.31. The highest BCUT2D eigenvalue weighted by atomic mass is 79.9. The zero-order valence-corrected chi connectivity index (χ0v) is 13.5. The van der Waals surface area contributed by atoms with Crippen LogP contribution in [0.15, 0.2) is 16.6 Å². The van der Waals surface area contributed by atoms with E-state index in [1.54, 1.807) is 0 Å². The molecule has 19 heavy (non-hydrogen) atoms. The number of aryl methyl sites for hydroxylation is 2. The molecular weight excluding hydrogens is 302 g/mol. The van der Waals surface area contributed by atoms with Gasteiger partial charge < -0.3 is 5.32 Å². The topological polar surface area (TPSA) is 29.1 Å². The van der Waals surface area contributed by atoms with E-state index >= 15 is 0 Å². The van der Waals surface area contributed by atoms with Gasteiger partial charge in [-0.25, -0.2) is 0 Å². The van der Waals surface area contributed by atoms with E-state index in [0.29, 0.717) is 0 Å². The van der Waals surface area contributed by atoms with Crippen LogP contribution in [-0.2, 0) is 4.79 Å². The average molecular weight is 324 g/mol. The van der Waals surface area contributed by atoms with Gasteiger partial charge in [0.25, 0.3) is 0 Å². The molecule has 1 N–H and O–H groups in total. The van der Waals surface area contributed by atoms with Gasteiger partial charge in [-0.1, -0.05) is 22.9 Å². The number of hydrogen-bond acceptors (Lipinski definition) is 1. The highest BCUT2D eigenvalue weighted by Gasteiger charge is 2.24. The number of benzene rings is 1. The quantitative estimate of drug-likeness (QED) is 0.829. The molecule has 1 aliphatic carbocycles. The number of amides is 1. The Morgan fingerprint density at radius 1 is 1.16 bits per heavy atom. The second-order valence-corrected chi connectivity index (χ2v) is 6.78. The Labute approximate surface area is 124 Å². The van der Waals surface area contributed by atoms with Gasteiger partial charge in [0, 0.05) is 16.1 Å². The van der Waals surface area contributed by atoms with Crippen LogP contribution >= 0.6 is 15.9 Å². The number of anilines is 1. The van der Waals surface area contributed by atoms with Crippen LogP contribution in [0, 0.1) is 25.7 Å². The van der Waals surface area contributed by atoms with Crippen molar-refractivity contribution in [3.05, 3.63) is 27.7 Å². The first-order chi connectivity index (χ1) is 8.97. The summed E-state index contributed by atoms with van der Waals surface area (Å²) in [4.78, 5) is 12.3. The Bertz CT molecular complexity index is 453. The lowest BCUT2D eigenvalue weighted by atomic mass is 9.82. The van der Waals surface area contributed by atoms with Crippen molar-refractivity contribution in [3.8, 4) is 0 Å². The minimum atomic E-state index is 0.193. The summed E-state index contributed by atoms with van der Waals surface area (Å²) in [5.74, 6) is 1.17. The smallest absolute Gasteiger partial charge is 0.227 e. The van der Waals surface area contributed by atoms with E-state index in [9.17, 15) is 4.79 Å². The lowest BCUT2D eigenvalue weighted by Crippen LogP contribution is -2.27. The standard InChI is InChI=1S/C16H22BrNO/c1-10-4-6-13(7-5-10)16(19)18-15-11(2)8-14(17)9-12(15)3/h8-10,13H,4-7H2,1-3H3,(H,18,19). The molecule has 2 nitrogen and oxygen atoms in total. The summed E-state index contributed by atoms with van der Waals surface area (Å²) in [6, 6.07) is 4.09. The average Bonchev–Trinajstić information content (AvgIpc) is 2.34. The minimum Gasteiger partial charge on any atom is -0.325 e. The summed E-state index contributed by atoms with van der Waals surface area (Å²) in [6.07, 6.45) is 4.41. The van der Waals surface area contributed by atoms with E-state index in [1.807, 2.05) is 26.0 Å². The van der Waals surface area contributed by atoms with Crippen molar-refractivity contribution in [1.82, 2.24) is 0 Å². The van der Waals surface area contributed by atoms with Gasteiger partial charge in [0.1, 0.15) is 0 Å². The first-order valence-electron chi connectivity index (χ1n) is 7.05. The number of rotatable bonds is 2. The molecule has 2 rings (SSSR count). The molecule has 0 bridgehead atoms. The van der Waals surface area contributed by atoms with Crippen LogP contribution in [0.3, 0.4) is 0 Å². The maximum atomic E-state index is 12.3. The van der Waals surface area contributed by atoms with Crippen LogP contribution in [0.25, 0.3) is 0 Å². The van der Waals surface area contributed by atoms with Crippen molar-refractivity contribution in [2.45, 2.75) is 46.5 Å². The summed E-state index contributed by atoms with van der Waals surface area (Å²) in [5, 5.41) is 3.13. The first kappa shape index (κ1) is 14.6. The van der Waals surface area contributed by atoms with Crippen LogP contribution in [0.5, 0.6) is 0 Å². The predicted molar refractivity (Wildman–Crippen MR) is 83.4 cm³/mol. The summed E-state index contributed by atoms with van der Waals surface area (Å²) in [7, 11) is 0. The minimum absolute atomic E-state index is 0.193. The maximum Gasteiger partial charge on any atom is 0.227 e. The van der Waals surface area contributed by atoms with Gasteiger partial charge in [-0.15, -0.1) is 0 Å². The van der Waals surface area contributed by atoms with Gasteiger partial charge in [0.2, 0.25) is 5.91 Å². The fourth-order valence-corrected chi connectivity index (χ4v) is 3.54. The highest BCUT2D eigenvalue weighted by molar-refractivity contribution is 9.10. The van der Waals surface area contributed by atoms with Crippen molar-refractivity contribution in [2.75, 3.05) is 5.32 Å². The molecule has 1 aromatic carbocycles. The SMILES string of the molecule is Cc1cc(Br)cc(C)c1NC(=O)C1CCC(C)CC1. The van der Waals surface area contributed by atoms with Crippen molar-refractivity contribution in [3.63, 3.8) is 0 Å². The van der Waals surface area contributed by atoms with Crippen LogP contribution in [-0.4, -0.2) is 5.91 Å². The molecule has 0 saturated heterocycles.